The van der Waals surface area contributed by atoms with Crippen molar-refractivity contribution >= 4 is 17.9 Å². The van der Waals surface area contributed by atoms with Gasteiger partial charge in [0.2, 0.25) is 5.91 Å². The molecule has 21 heavy (non-hydrogen) atoms. The summed E-state index contributed by atoms with van der Waals surface area (Å²) in [5, 5.41) is 11.4. The van der Waals surface area contributed by atoms with E-state index in [4.69, 9.17) is 10.8 Å². The molecule has 1 saturated heterocycles. The van der Waals surface area contributed by atoms with E-state index in [2.05, 4.69) is 5.32 Å². The Bertz CT molecular complexity index is 426. The number of carbonyl (C=O) groups is 3. The number of amides is 3. The van der Waals surface area contributed by atoms with E-state index in [0.29, 0.717) is 24.9 Å². The highest BCUT2D eigenvalue weighted by atomic mass is 16.4. The summed E-state index contributed by atoms with van der Waals surface area (Å²) < 4.78 is 0. The first-order chi connectivity index (χ1) is 9.97. The molecule has 4 N–H and O–H groups in total. The van der Waals surface area contributed by atoms with E-state index in [-0.39, 0.29) is 6.42 Å². The lowest BCUT2D eigenvalue weighted by Gasteiger charge is -2.41. The van der Waals surface area contributed by atoms with Crippen LogP contribution < -0.4 is 11.1 Å². The summed E-state index contributed by atoms with van der Waals surface area (Å²) in [7, 11) is 0. The number of piperidine rings is 1. The van der Waals surface area contributed by atoms with Crippen LogP contribution in [-0.2, 0) is 9.59 Å². The van der Waals surface area contributed by atoms with Gasteiger partial charge in [0, 0.05) is 13.1 Å². The van der Waals surface area contributed by atoms with Crippen molar-refractivity contribution < 1.29 is 19.5 Å². The zero-order chi connectivity index (χ0) is 15.4. The van der Waals surface area contributed by atoms with Crippen molar-refractivity contribution in [2.45, 2.75) is 44.6 Å². The number of nitrogens with two attached hydrogens (primary N) is 1. The highest BCUT2D eigenvalue weighted by Gasteiger charge is 2.34. The average Bonchev–Trinajstić information content (AvgIpc) is 2.45. The first kappa shape index (κ1) is 15.6. The Labute approximate surface area is 123 Å². The topological polar surface area (TPSA) is 113 Å². The molecule has 3 atom stereocenters. The minimum atomic E-state index is -1.25. The number of primary amides is 1. The Hall–Kier alpha value is -1.79. The highest BCUT2D eigenvalue weighted by Crippen LogP contribution is 2.35. The highest BCUT2D eigenvalue weighted by molar-refractivity contribution is 5.87. The van der Waals surface area contributed by atoms with Crippen molar-refractivity contribution in [2.24, 2.45) is 17.6 Å². The van der Waals surface area contributed by atoms with Crippen LogP contribution in [0.4, 0.5) is 4.79 Å². The van der Waals surface area contributed by atoms with Crippen LogP contribution in [0.5, 0.6) is 0 Å². The first-order valence-electron chi connectivity index (χ1n) is 7.54. The quantitative estimate of drug-likeness (QED) is 0.702. The van der Waals surface area contributed by atoms with Gasteiger partial charge in [-0.15, -0.1) is 0 Å². The van der Waals surface area contributed by atoms with Crippen molar-refractivity contribution in [1.82, 2.24) is 10.2 Å². The van der Waals surface area contributed by atoms with Crippen molar-refractivity contribution in [3.63, 3.8) is 0 Å². The van der Waals surface area contributed by atoms with Gasteiger partial charge in [0.1, 0.15) is 6.04 Å². The number of likely N-dealkylation sites (tertiary alicyclic amines) is 1. The lowest BCUT2D eigenvalue weighted by molar-refractivity contribution is -0.141. The Morgan fingerprint density at radius 3 is 2.48 bits per heavy atom. The molecule has 1 aliphatic heterocycles. The Balaban J connectivity index is 1.90. The van der Waals surface area contributed by atoms with Crippen LogP contribution in [0.1, 0.15) is 38.5 Å². The number of carboxylic acid groups (broad SMARTS) is 1. The molecule has 7 heteroatoms. The van der Waals surface area contributed by atoms with Gasteiger partial charge in [0.05, 0.1) is 6.42 Å². The van der Waals surface area contributed by atoms with Gasteiger partial charge in [-0.05, 0) is 24.7 Å². The number of fused-ring (bicyclic) bond motifs is 1. The lowest BCUT2D eigenvalue weighted by Crippen LogP contribution is -2.53. The van der Waals surface area contributed by atoms with E-state index < -0.39 is 23.9 Å². The number of carbonyl (C=O) groups excluding carboxylic acids is 2. The lowest BCUT2D eigenvalue weighted by atomic mass is 9.75. The summed E-state index contributed by atoms with van der Waals surface area (Å²) in [6.07, 6.45) is 5.44. The monoisotopic (exact) mass is 297 g/mol. The number of aliphatic carboxylic acids is 1. The molecule has 118 valence electrons. The maximum Gasteiger partial charge on any atom is 0.326 e. The fourth-order valence-corrected chi connectivity index (χ4v) is 3.43. The third-order valence-corrected chi connectivity index (χ3v) is 4.58. The minimum Gasteiger partial charge on any atom is -0.480 e. The summed E-state index contributed by atoms with van der Waals surface area (Å²) >= 11 is 0. The Morgan fingerprint density at radius 1 is 1.19 bits per heavy atom. The zero-order valence-corrected chi connectivity index (χ0v) is 12.1. The second-order valence-electron chi connectivity index (χ2n) is 6.05. The maximum absolute atomic E-state index is 12.2. The van der Waals surface area contributed by atoms with Gasteiger partial charge in [-0.3, -0.25) is 4.79 Å². The van der Waals surface area contributed by atoms with Gasteiger partial charge in [0.25, 0.3) is 0 Å². The summed E-state index contributed by atoms with van der Waals surface area (Å²) in [4.78, 5) is 35.7. The van der Waals surface area contributed by atoms with E-state index in [1.54, 1.807) is 4.90 Å². The second-order valence-corrected chi connectivity index (χ2v) is 6.05. The Morgan fingerprint density at radius 2 is 1.86 bits per heavy atom. The number of urea groups is 1. The molecule has 0 aromatic rings. The zero-order valence-electron chi connectivity index (χ0n) is 12.1. The molecule has 2 rings (SSSR count). The van der Waals surface area contributed by atoms with Crippen LogP contribution in [0, 0.1) is 11.8 Å². The molecule has 0 aromatic heterocycles. The number of hydrogen-bond donors (Lipinski definition) is 3. The van der Waals surface area contributed by atoms with Crippen LogP contribution in [0.25, 0.3) is 0 Å². The van der Waals surface area contributed by atoms with Crippen molar-refractivity contribution in [3.05, 3.63) is 0 Å². The number of nitrogens with zero attached hydrogens (tertiary/aromatic N) is 1. The van der Waals surface area contributed by atoms with Crippen molar-refractivity contribution in [1.29, 1.82) is 0 Å². The predicted molar refractivity (Wildman–Crippen MR) is 75.4 cm³/mol. The molecule has 0 radical (unpaired) electrons. The summed E-state index contributed by atoms with van der Waals surface area (Å²) in [5.74, 6) is -0.759. The van der Waals surface area contributed by atoms with Gasteiger partial charge in [-0.25, -0.2) is 9.59 Å². The molecule has 3 amide bonds. The number of nitrogens with one attached hydrogen (secondary N) is 1. The maximum atomic E-state index is 12.2. The normalized spacial score (nSPS) is 26.6. The molecule has 2 aliphatic rings. The molecular weight excluding hydrogens is 274 g/mol. The summed E-state index contributed by atoms with van der Waals surface area (Å²) in [5.41, 5.74) is 5.01. The van der Waals surface area contributed by atoms with Gasteiger partial charge in [0.15, 0.2) is 0 Å². The van der Waals surface area contributed by atoms with Crippen LogP contribution in [0.2, 0.25) is 0 Å². The molecule has 0 bridgehead atoms. The third kappa shape index (κ3) is 4.09. The van der Waals surface area contributed by atoms with Crippen molar-refractivity contribution in [2.75, 3.05) is 13.1 Å². The number of rotatable bonds is 4. The fourth-order valence-electron chi connectivity index (χ4n) is 3.43. The smallest absolute Gasteiger partial charge is 0.326 e. The third-order valence-electron chi connectivity index (χ3n) is 4.58. The molecule has 7 nitrogen and oxygen atoms in total. The van der Waals surface area contributed by atoms with Gasteiger partial charge in [-0.1, -0.05) is 19.3 Å². The van der Waals surface area contributed by atoms with E-state index >= 15 is 0 Å². The van der Waals surface area contributed by atoms with Gasteiger partial charge in [-0.2, -0.15) is 0 Å². The van der Waals surface area contributed by atoms with E-state index in [0.717, 1.165) is 12.8 Å². The van der Waals surface area contributed by atoms with Crippen LogP contribution in [-0.4, -0.2) is 47.0 Å². The van der Waals surface area contributed by atoms with E-state index in [9.17, 15) is 14.4 Å². The standard InChI is InChI=1S/C14H23N3O4/c15-12(18)7-11(13(19)20)16-14(21)17-6-5-9-3-1-2-4-10(9)8-17/h9-11H,1-8H2,(H2,15,18)(H,16,21)(H,19,20)/t9?,10?,11-/m1/s1. The molecule has 1 saturated carbocycles. The second kappa shape index (κ2) is 6.78. The molecule has 2 fully saturated rings. The minimum absolute atomic E-state index is 0.388. The molecule has 1 aliphatic carbocycles. The predicted octanol–water partition coefficient (Wildman–Crippen LogP) is 0.537. The van der Waals surface area contributed by atoms with Crippen LogP contribution in [0.3, 0.4) is 0 Å². The molecular formula is C14H23N3O4. The molecule has 0 aromatic carbocycles. The molecule has 1 heterocycles. The van der Waals surface area contributed by atoms with E-state index in [1.165, 1.54) is 19.3 Å². The summed E-state index contributed by atoms with van der Waals surface area (Å²) in [6, 6.07) is -1.66. The Kier molecular flexibility index (Phi) is 5.03. The van der Waals surface area contributed by atoms with Crippen LogP contribution in [0.15, 0.2) is 0 Å². The first-order valence-corrected chi connectivity index (χ1v) is 7.54. The number of hydrogen-bond acceptors (Lipinski definition) is 3. The fraction of sp³-hybridized carbons (Fsp3) is 0.786. The average molecular weight is 297 g/mol. The van der Waals surface area contributed by atoms with Crippen molar-refractivity contribution in [3.8, 4) is 0 Å². The SMILES string of the molecule is NC(=O)C[C@@H](NC(=O)N1CCC2CCCCC2C1)C(=O)O. The van der Waals surface area contributed by atoms with Gasteiger partial charge >= 0.3 is 12.0 Å². The largest absolute Gasteiger partial charge is 0.480 e. The van der Waals surface area contributed by atoms with Crippen LogP contribution >= 0.6 is 0 Å². The van der Waals surface area contributed by atoms with E-state index in [1.807, 2.05) is 0 Å². The molecule has 0 spiro atoms. The molecule has 2 unspecified atom stereocenters. The summed E-state index contributed by atoms with van der Waals surface area (Å²) in [6.45, 7) is 1.33. The van der Waals surface area contributed by atoms with Gasteiger partial charge < -0.3 is 21.1 Å². The number of carboxylic acids is 1.